The summed E-state index contributed by atoms with van der Waals surface area (Å²) in [5.41, 5.74) is 0.0297. The van der Waals surface area contributed by atoms with Crippen molar-refractivity contribution in [3.05, 3.63) is 44.2 Å². The van der Waals surface area contributed by atoms with Crippen molar-refractivity contribution in [2.24, 2.45) is 0 Å². The minimum Gasteiger partial charge on any atom is -0.300 e. The molecule has 80 valence electrons. The molecule has 15 heavy (non-hydrogen) atoms. The number of imidazole rings is 1. The first-order valence-corrected chi connectivity index (χ1v) is 5.90. The standard InChI is InChI=1S/C10H11ClN2OS/c1-2-12-5-6-13(10(12)14)7-8-3-4-9(11)15-8/h3-6H,2,7H2,1H3. The van der Waals surface area contributed by atoms with E-state index in [0.29, 0.717) is 13.1 Å². The Morgan fingerprint density at radius 1 is 1.33 bits per heavy atom. The summed E-state index contributed by atoms with van der Waals surface area (Å²) in [4.78, 5) is 12.8. The zero-order valence-electron chi connectivity index (χ0n) is 8.31. The first-order chi connectivity index (χ1) is 7.20. The molecule has 0 unspecified atom stereocenters. The summed E-state index contributed by atoms with van der Waals surface area (Å²) in [5.74, 6) is 0. The SMILES string of the molecule is CCn1ccn(Cc2ccc(Cl)s2)c1=O. The molecule has 0 N–H and O–H groups in total. The van der Waals surface area contributed by atoms with Crippen LogP contribution in [0.2, 0.25) is 4.34 Å². The van der Waals surface area contributed by atoms with Crippen molar-refractivity contribution in [1.82, 2.24) is 9.13 Å². The topological polar surface area (TPSA) is 26.9 Å². The predicted octanol–water partition coefficient (Wildman–Crippen LogP) is 2.43. The van der Waals surface area contributed by atoms with Crippen molar-refractivity contribution in [1.29, 1.82) is 0 Å². The molecule has 0 aliphatic heterocycles. The molecule has 2 aromatic heterocycles. The van der Waals surface area contributed by atoms with Crippen LogP contribution in [-0.4, -0.2) is 9.13 Å². The predicted molar refractivity (Wildman–Crippen MR) is 62.8 cm³/mol. The molecule has 0 aromatic carbocycles. The second-order valence-electron chi connectivity index (χ2n) is 3.20. The van der Waals surface area contributed by atoms with E-state index in [0.717, 1.165) is 9.21 Å². The van der Waals surface area contributed by atoms with Crippen LogP contribution in [0.5, 0.6) is 0 Å². The van der Waals surface area contributed by atoms with E-state index in [1.54, 1.807) is 21.5 Å². The number of halogens is 1. The number of aryl methyl sites for hydroxylation is 1. The molecular weight excluding hydrogens is 232 g/mol. The Balaban J connectivity index is 2.25. The highest BCUT2D eigenvalue weighted by Crippen LogP contribution is 2.21. The minimum absolute atomic E-state index is 0.0297. The van der Waals surface area contributed by atoms with Crippen LogP contribution in [0.25, 0.3) is 0 Å². The molecule has 0 saturated carbocycles. The molecule has 0 fully saturated rings. The van der Waals surface area contributed by atoms with Crippen molar-refractivity contribution in [3.63, 3.8) is 0 Å². The number of nitrogens with zero attached hydrogens (tertiary/aromatic N) is 2. The van der Waals surface area contributed by atoms with Gasteiger partial charge < -0.3 is 0 Å². The average molecular weight is 243 g/mol. The lowest BCUT2D eigenvalue weighted by Gasteiger charge is -1.97. The third kappa shape index (κ3) is 2.16. The molecule has 5 heteroatoms. The maximum atomic E-state index is 11.7. The maximum Gasteiger partial charge on any atom is 0.328 e. The number of aromatic nitrogens is 2. The fourth-order valence-corrected chi connectivity index (χ4v) is 2.51. The Hall–Kier alpha value is -1.00. The normalized spacial score (nSPS) is 10.8. The number of hydrogen-bond acceptors (Lipinski definition) is 2. The summed E-state index contributed by atoms with van der Waals surface area (Å²) in [6.45, 7) is 3.26. The van der Waals surface area contributed by atoms with E-state index in [1.165, 1.54) is 11.3 Å². The Morgan fingerprint density at radius 2 is 2.07 bits per heavy atom. The summed E-state index contributed by atoms with van der Waals surface area (Å²) in [5, 5.41) is 0. The molecule has 2 rings (SSSR count). The summed E-state index contributed by atoms with van der Waals surface area (Å²) < 4.78 is 4.12. The molecule has 2 heterocycles. The van der Waals surface area contributed by atoms with Gasteiger partial charge in [-0.25, -0.2) is 4.79 Å². The van der Waals surface area contributed by atoms with Crippen LogP contribution in [0, 0.1) is 0 Å². The van der Waals surface area contributed by atoms with Gasteiger partial charge in [-0.3, -0.25) is 9.13 Å². The second-order valence-corrected chi connectivity index (χ2v) is 5.00. The molecule has 0 spiro atoms. The highest BCUT2D eigenvalue weighted by Gasteiger charge is 2.04. The van der Waals surface area contributed by atoms with E-state index in [9.17, 15) is 4.79 Å². The van der Waals surface area contributed by atoms with Crippen molar-refractivity contribution in [2.45, 2.75) is 20.0 Å². The Labute approximate surface area is 96.5 Å². The third-order valence-corrected chi connectivity index (χ3v) is 3.43. The van der Waals surface area contributed by atoms with Gasteiger partial charge in [0.05, 0.1) is 10.9 Å². The van der Waals surface area contributed by atoms with Gasteiger partial charge in [0, 0.05) is 23.8 Å². The lowest BCUT2D eigenvalue weighted by Crippen LogP contribution is -2.23. The van der Waals surface area contributed by atoms with E-state index < -0.39 is 0 Å². The van der Waals surface area contributed by atoms with Gasteiger partial charge in [-0.2, -0.15) is 0 Å². The van der Waals surface area contributed by atoms with Gasteiger partial charge >= 0.3 is 5.69 Å². The summed E-state index contributed by atoms with van der Waals surface area (Å²) in [7, 11) is 0. The smallest absolute Gasteiger partial charge is 0.300 e. The molecule has 0 saturated heterocycles. The van der Waals surface area contributed by atoms with Crippen molar-refractivity contribution in [3.8, 4) is 0 Å². The first kappa shape index (κ1) is 10.5. The van der Waals surface area contributed by atoms with Crippen LogP contribution in [-0.2, 0) is 13.1 Å². The van der Waals surface area contributed by atoms with E-state index in [-0.39, 0.29) is 5.69 Å². The fraction of sp³-hybridized carbons (Fsp3) is 0.300. The van der Waals surface area contributed by atoms with Gasteiger partial charge in [-0.05, 0) is 19.1 Å². The minimum atomic E-state index is 0.0297. The highest BCUT2D eigenvalue weighted by atomic mass is 35.5. The summed E-state index contributed by atoms with van der Waals surface area (Å²) in [6.07, 6.45) is 3.61. The molecular formula is C10H11ClN2OS. The number of rotatable bonds is 3. The van der Waals surface area contributed by atoms with Gasteiger partial charge in [0.25, 0.3) is 0 Å². The van der Waals surface area contributed by atoms with Gasteiger partial charge in [-0.1, -0.05) is 11.6 Å². The zero-order chi connectivity index (χ0) is 10.8. The van der Waals surface area contributed by atoms with Gasteiger partial charge in [0.15, 0.2) is 0 Å². The largest absolute Gasteiger partial charge is 0.328 e. The molecule has 0 bridgehead atoms. The maximum absolute atomic E-state index is 11.7. The Kier molecular flexibility index (Phi) is 2.98. The molecule has 0 radical (unpaired) electrons. The van der Waals surface area contributed by atoms with Gasteiger partial charge in [-0.15, -0.1) is 11.3 Å². The van der Waals surface area contributed by atoms with Crippen LogP contribution in [0.1, 0.15) is 11.8 Å². The molecule has 2 aromatic rings. The third-order valence-electron chi connectivity index (χ3n) is 2.21. The number of hydrogen-bond donors (Lipinski definition) is 0. The lowest BCUT2D eigenvalue weighted by molar-refractivity contribution is 0.672. The van der Waals surface area contributed by atoms with Crippen molar-refractivity contribution < 1.29 is 0 Å². The molecule has 0 aliphatic carbocycles. The number of thiophene rings is 1. The summed E-state index contributed by atoms with van der Waals surface area (Å²) >= 11 is 7.33. The van der Waals surface area contributed by atoms with Gasteiger partial charge in [0.2, 0.25) is 0 Å². The van der Waals surface area contributed by atoms with Crippen LogP contribution in [0.4, 0.5) is 0 Å². The Morgan fingerprint density at radius 3 is 2.60 bits per heavy atom. The van der Waals surface area contributed by atoms with Crippen LogP contribution < -0.4 is 5.69 Å². The fourth-order valence-electron chi connectivity index (χ4n) is 1.42. The van der Waals surface area contributed by atoms with E-state index in [2.05, 4.69) is 0 Å². The van der Waals surface area contributed by atoms with E-state index in [1.807, 2.05) is 19.1 Å². The Bertz CT molecular complexity index is 511. The monoisotopic (exact) mass is 242 g/mol. The van der Waals surface area contributed by atoms with E-state index in [4.69, 9.17) is 11.6 Å². The van der Waals surface area contributed by atoms with Crippen molar-refractivity contribution in [2.75, 3.05) is 0 Å². The van der Waals surface area contributed by atoms with Crippen LogP contribution >= 0.6 is 22.9 Å². The second kappa shape index (κ2) is 4.24. The zero-order valence-corrected chi connectivity index (χ0v) is 9.88. The first-order valence-electron chi connectivity index (χ1n) is 4.70. The molecule has 3 nitrogen and oxygen atoms in total. The molecule has 0 aliphatic rings. The summed E-state index contributed by atoms with van der Waals surface area (Å²) in [6, 6.07) is 3.80. The lowest BCUT2D eigenvalue weighted by atomic mass is 10.4. The van der Waals surface area contributed by atoms with E-state index >= 15 is 0 Å². The molecule has 0 atom stereocenters. The molecule has 0 amide bonds. The van der Waals surface area contributed by atoms with Crippen LogP contribution in [0.3, 0.4) is 0 Å². The van der Waals surface area contributed by atoms with Gasteiger partial charge in [0.1, 0.15) is 0 Å². The van der Waals surface area contributed by atoms with Crippen molar-refractivity contribution >= 4 is 22.9 Å². The highest BCUT2D eigenvalue weighted by molar-refractivity contribution is 7.16. The quantitative estimate of drug-likeness (QED) is 0.812. The average Bonchev–Trinajstić information content (AvgIpc) is 2.76. The van der Waals surface area contributed by atoms with Crippen LogP contribution in [0.15, 0.2) is 29.3 Å².